The van der Waals surface area contributed by atoms with Gasteiger partial charge in [0.1, 0.15) is 22.5 Å². The van der Waals surface area contributed by atoms with E-state index in [-0.39, 0.29) is 21.1 Å². The van der Waals surface area contributed by atoms with Gasteiger partial charge in [-0.25, -0.2) is 14.2 Å². The number of esters is 1. The molecule has 0 unspecified atom stereocenters. The molecular weight excluding hydrogens is 447 g/mol. The van der Waals surface area contributed by atoms with Gasteiger partial charge in [0.15, 0.2) is 5.13 Å². The van der Waals surface area contributed by atoms with E-state index in [0.29, 0.717) is 11.3 Å². The molecule has 1 atom stereocenters. The maximum atomic E-state index is 14.9. The van der Waals surface area contributed by atoms with Crippen LogP contribution in [0, 0.1) is 19.7 Å². The van der Waals surface area contributed by atoms with Crippen molar-refractivity contribution < 1.29 is 28.6 Å². The number of Topliss-reactive ketones (excluding diaryl/α,β-unsaturated/α-hetero) is 1. The molecule has 2 heterocycles. The normalized spacial score (nSPS) is 17.5. The molecule has 0 spiro atoms. The molecule has 33 heavy (non-hydrogen) atoms. The maximum Gasteiger partial charge on any atom is 0.350 e. The molecule has 9 heteroatoms. The van der Waals surface area contributed by atoms with Crippen molar-refractivity contribution in [2.75, 3.05) is 12.0 Å². The Hall–Kier alpha value is -3.85. The first-order valence-electron chi connectivity index (χ1n) is 9.92. The maximum absolute atomic E-state index is 14.9. The fourth-order valence-corrected chi connectivity index (χ4v) is 4.67. The molecule has 168 valence electrons. The third-order valence-electron chi connectivity index (χ3n) is 5.33. The number of aliphatic hydroxyl groups is 1. The van der Waals surface area contributed by atoms with E-state index in [4.69, 9.17) is 4.74 Å². The van der Waals surface area contributed by atoms with E-state index >= 15 is 0 Å². The van der Waals surface area contributed by atoms with Gasteiger partial charge in [-0.2, -0.15) is 0 Å². The molecule has 7 nitrogen and oxygen atoms in total. The highest BCUT2D eigenvalue weighted by Crippen LogP contribution is 2.44. The second kappa shape index (κ2) is 8.59. The fraction of sp³-hybridized carbons (Fsp3) is 0.167. The molecule has 4 rings (SSSR count). The van der Waals surface area contributed by atoms with Crippen LogP contribution in [0.3, 0.4) is 0 Å². The van der Waals surface area contributed by atoms with Crippen LogP contribution < -0.4 is 4.90 Å². The first kappa shape index (κ1) is 22.3. The lowest BCUT2D eigenvalue weighted by molar-refractivity contribution is -0.132. The number of hydrogen-bond donors (Lipinski definition) is 1. The van der Waals surface area contributed by atoms with E-state index in [0.717, 1.165) is 21.8 Å². The summed E-state index contributed by atoms with van der Waals surface area (Å²) in [6.07, 6.45) is 0. The number of ether oxygens (including phenoxy) is 1. The van der Waals surface area contributed by atoms with Gasteiger partial charge in [0.2, 0.25) is 0 Å². The highest BCUT2D eigenvalue weighted by atomic mass is 32.1. The zero-order valence-electron chi connectivity index (χ0n) is 18.0. The predicted octanol–water partition coefficient (Wildman–Crippen LogP) is 4.31. The number of carbonyl (C=O) groups excluding carboxylic acids is 3. The van der Waals surface area contributed by atoms with E-state index < -0.39 is 35.3 Å². The summed E-state index contributed by atoms with van der Waals surface area (Å²) in [6, 6.07) is 11.1. The molecule has 0 saturated carbocycles. The average Bonchev–Trinajstić information content (AvgIpc) is 3.30. The number of aryl methyl sites for hydroxylation is 2. The van der Waals surface area contributed by atoms with Crippen molar-refractivity contribution in [2.24, 2.45) is 0 Å². The third-order valence-corrected chi connectivity index (χ3v) is 6.47. The number of ketones is 1. The van der Waals surface area contributed by atoms with Gasteiger partial charge in [-0.3, -0.25) is 14.5 Å². The largest absolute Gasteiger partial charge is 0.507 e. The van der Waals surface area contributed by atoms with Crippen LogP contribution >= 0.6 is 11.3 Å². The van der Waals surface area contributed by atoms with E-state index in [9.17, 15) is 23.9 Å². The lowest BCUT2D eigenvalue weighted by atomic mass is 9.95. The summed E-state index contributed by atoms with van der Waals surface area (Å²) in [5.74, 6) is -3.69. The SMILES string of the molecule is COC(=O)c1sc(N2C(=O)C(=O)C(=C(O)c3ccc(C)cc3)[C@@H]2c2ccccc2F)nc1C. The molecule has 1 aliphatic heterocycles. The van der Waals surface area contributed by atoms with Crippen LogP contribution in [-0.4, -0.2) is 34.9 Å². The van der Waals surface area contributed by atoms with Crippen LogP contribution in [-0.2, 0) is 14.3 Å². The summed E-state index contributed by atoms with van der Waals surface area (Å²) in [5.41, 5.74) is 1.30. The number of amides is 1. The number of halogens is 1. The van der Waals surface area contributed by atoms with Gasteiger partial charge in [-0.05, 0) is 19.9 Å². The summed E-state index contributed by atoms with van der Waals surface area (Å²) in [7, 11) is 1.22. The number of aromatic nitrogens is 1. The zero-order chi connectivity index (χ0) is 23.9. The molecule has 1 N–H and O–H groups in total. The number of benzene rings is 2. The van der Waals surface area contributed by atoms with Crippen LogP contribution in [0.4, 0.5) is 9.52 Å². The Balaban J connectivity index is 1.95. The van der Waals surface area contributed by atoms with Crippen molar-refractivity contribution in [2.45, 2.75) is 19.9 Å². The molecule has 0 radical (unpaired) electrons. The molecule has 0 aliphatic carbocycles. The lowest BCUT2D eigenvalue weighted by Crippen LogP contribution is -2.29. The zero-order valence-corrected chi connectivity index (χ0v) is 18.8. The van der Waals surface area contributed by atoms with E-state index in [1.807, 2.05) is 6.92 Å². The first-order chi connectivity index (χ1) is 15.7. The Bertz CT molecular complexity index is 1310. The minimum Gasteiger partial charge on any atom is -0.507 e. The van der Waals surface area contributed by atoms with Crippen molar-refractivity contribution in [3.05, 3.63) is 87.2 Å². The topological polar surface area (TPSA) is 96.8 Å². The van der Waals surface area contributed by atoms with Crippen LogP contribution in [0.15, 0.2) is 54.1 Å². The van der Waals surface area contributed by atoms with Gasteiger partial charge in [0, 0.05) is 11.1 Å². The summed E-state index contributed by atoms with van der Waals surface area (Å²) in [5, 5.41) is 11.1. The Morgan fingerprint density at radius 1 is 1.12 bits per heavy atom. The smallest absolute Gasteiger partial charge is 0.350 e. The van der Waals surface area contributed by atoms with Gasteiger partial charge in [0.25, 0.3) is 5.78 Å². The van der Waals surface area contributed by atoms with Crippen LogP contribution in [0.1, 0.15) is 38.1 Å². The summed E-state index contributed by atoms with van der Waals surface area (Å²) in [4.78, 5) is 43.7. The molecule has 2 aromatic carbocycles. The minimum absolute atomic E-state index is 0.0119. The van der Waals surface area contributed by atoms with E-state index in [2.05, 4.69) is 4.98 Å². The summed E-state index contributed by atoms with van der Waals surface area (Å²) < 4.78 is 19.6. The Morgan fingerprint density at radius 3 is 2.42 bits per heavy atom. The quantitative estimate of drug-likeness (QED) is 0.266. The summed E-state index contributed by atoms with van der Waals surface area (Å²) >= 11 is 0.852. The van der Waals surface area contributed by atoms with Crippen LogP contribution in [0.5, 0.6) is 0 Å². The molecule has 1 aromatic heterocycles. The van der Waals surface area contributed by atoms with Crippen molar-refractivity contribution in [3.8, 4) is 0 Å². The highest BCUT2D eigenvalue weighted by molar-refractivity contribution is 7.17. The van der Waals surface area contributed by atoms with Crippen LogP contribution in [0.2, 0.25) is 0 Å². The fourth-order valence-electron chi connectivity index (χ4n) is 3.66. The molecule has 3 aromatic rings. The van der Waals surface area contributed by atoms with Gasteiger partial charge >= 0.3 is 11.9 Å². The standard InChI is InChI=1S/C24H19FN2O5S/c1-12-8-10-14(11-9-12)19(28)17-18(15-6-4-5-7-16(15)25)27(22(30)20(17)29)24-26-13(2)21(33-24)23(31)32-3/h4-11,18,28H,1-3H3/t18-/m0/s1. The molecule has 0 bridgehead atoms. The molecule has 1 saturated heterocycles. The second-order valence-electron chi connectivity index (χ2n) is 7.46. The van der Waals surface area contributed by atoms with E-state index in [1.54, 1.807) is 37.3 Å². The Labute approximate surface area is 192 Å². The monoisotopic (exact) mass is 466 g/mol. The number of aliphatic hydroxyl groups excluding tert-OH is 1. The molecule has 1 fully saturated rings. The molecular formula is C24H19FN2O5S. The molecule has 1 amide bonds. The minimum atomic E-state index is -1.27. The van der Waals surface area contributed by atoms with Gasteiger partial charge in [-0.1, -0.05) is 59.4 Å². The Kier molecular flexibility index (Phi) is 5.82. The summed E-state index contributed by atoms with van der Waals surface area (Å²) in [6.45, 7) is 3.43. The molecule has 1 aliphatic rings. The number of hydrogen-bond acceptors (Lipinski definition) is 7. The average molecular weight is 466 g/mol. The highest BCUT2D eigenvalue weighted by Gasteiger charge is 2.49. The van der Waals surface area contributed by atoms with Gasteiger partial charge in [0.05, 0.1) is 18.4 Å². The van der Waals surface area contributed by atoms with Crippen LogP contribution in [0.25, 0.3) is 5.76 Å². The lowest BCUT2D eigenvalue weighted by Gasteiger charge is -2.23. The van der Waals surface area contributed by atoms with Gasteiger partial charge < -0.3 is 9.84 Å². The Morgan fingerprint density at radius 2 is 1.79 bits per heavy atom. The first-order valence-corrected chi connectivity index (χ1v) is 10.7. The van der Waals surface area contributed by atoms with Crippen molar-refractivity contribution >= 4 is 39.9 Å². The van der Waals surface area contributed by atoms with Gasteiger partial charge in [-0.15, -0.1) is 0 Å². The number of thiazole rings is 1. The number of methoxy groups -OCH3 is 1. The number of rotatable bonds is 4. The van der Waals surface area contributed by atoms with Crippen molar-refractivity contribution in [3.63, 3.8) is 0 Å². The second-order valence-corrected chi connectivity index (χ2v) is 8.44. The number of nitrogens with zero attached hydrogens (tertiary/aromatic N) is 2. The van der Waals surface area contributed by atoms with Crippen molar-refractivity contribution in [1.29, 1.82) is 0 Å². The van der Waals surface area contributed by atoms with E-state index in [1.165, 1.54) is 25.3 Å². The number of anilines is 1. The number of carbonyl (C=O) groups is 3. The van der Waals surface area contributed by atoms with Crippen molar-refractivity contribution in [1.82, 2.24) is 4.98 Å². The predicted molar refractivity (Wildman–Crippen MR) is 121 cm³/mol. The third kappa shape index (κ3) is 3.80.